The number of hydrogen-bond donors (Lipinski definition) is 0. The molecule has 1 aromatic carbocycles. The predicted octanol–water partition coefficient (Wildman–Crippen LogP) is 3.36. The fourth-order valence-electron chi connectivity index (χ4n) is 6.97. The number of amides is 1. The maximum absolute atomic E-state index is 14.0. The number of morpholine rings is 1. The normalized spacial score (nSPS) is 25.7. The Kier molecular flexibility index (Phi) is 8.57. The van der Waals surface area contributed by atoms with Gasteiger partial charge in [-0.25, -0.2) is 8.42 Å². The van der Waals surface area contributed by atoms with Crippen molar-refractivity contribution in [3.8, 4) is 5.75 Å². The molecule has 5 rings (SSSR count). The van der Waals surface area contributed by atoms with Gasteiger partial charge in [-0.05, 0) is 95.0 Å². The molecule has 1 aromatic rings. The summed E-state index contributed by atoms with van der Waals surface area (Å²) in [6.45, 7) is 11.8. The van der Waals surface area contributed by atoms with Gasteiger partial charge in [0.1, 0.15) is 12.4 Å². The number of likely N-dealkylation sites (tertiary alicyclic amines) is 2. The van der Waals surface area contributed by atoms with Crippen LogP contribution in [0, 0.1) is 19.3 Å². The summed E-state index contributed by atoms with van der Waals surface area (Å²) >= 11 is 0. The molecule has 0 N–H and O–H groups in total. The number of ether oxygens (including phenoxy) is 3. The standard InChI is InChI=1S/C30H47N3O6S/c1-22-15-26(37-5)16-23(2)28(22)40(35,36)33-20-29(3,4)39-18-25(33)17-38-19-27(34)31-12-9-30(10-13-31)11-14-32(21-30)24-7-6-8-24/h15-16,24-25H,6-14,17-21H2,1-5H3/t25-/m1/s1. The predicted molar refractivity (Wildman–Crippen MR) is 153 cm³/mol. The number of sulfonamides is 1. The summed E-state index contributed by atoms with van der Waals surface area (Å²) in [6, 6.07) is 3.76. The Balaban J connectivity index is 1.18. The molecule has 0 unspecified atom stereocenters. The highest BCUT2D eigenvalue weighted by Gasteiger charge is 2.45. The van der Waals surface area contributed by atoms with Gasteiger partial charge in [0.25, 0.3) is 0 Å². The summed E-state index contributed by atoms with van der Waals surface area (Å²) in [7, 11) is -2.27. The van der Waals surface area contributed by atoms with Crippen molar-refractivity contribution in [2.75, 3.05) is 59.7 Å². The van der Waals surface area contributed by atoms with Crippen LogP contribution in [-0.2, 0) is 24.3 Å². The maximum Gasteiger partial charge on any atom is 0.248 e. The van der Waals surface area contributed by atoms with Crippen molar-refractivity contribution in [3.05, 3.63) is 23.3 Å². The molecule has 4 fully saturated rings. The summed E-state index contributed by atoms with van der Waals surface area (Å²) in [5.41, 5.74) is 1.01. The van der Waals surface area contributed by atoms with Crippen LogP contribution in [0.4, 0.5) is 0 Å². The molecule has 1 amide bonds. The second-order valence-corrected chi connectivity index (χ2v) is 14.9. The lowest BCUT2D eigenvalue weighted by molar-refractivity contribution is -0.141. The van der Waals surface area contributed by atoms with Crippen molar-refractivity contribution in [2.24, 2.45) is 5.41 Å². The van der Waals surface area contributed by atoms with Crippen LogP contribution < -0.4 is 4.74 Å². The number of piperidine rings is 1. The minimum Gasteiger partial charge on any atom is -0.497 e. The summed E-state index contributed by atoms with van der Waals surface area (Å²) in [5, 5.41) is 0. The summed E-state index contributed by atoms with van der Waals surface area (Å²) in [5.74, 6) is 0.610. The van der Waals surface area contributed by atoms with Crippen LogP contribution in [0.5, 0.6) is 5.75 Å². The molecule has 1 atom stereocenters. The van der Waals surface area contributed by atoms with E-state index in [2.05, 4.69) is 4.90 Å². The van der Waals surface area contributed by atoms with Crippen molar-refractivity contribution in [2.45, 2.75) is 88.8 Å². The zero-order valence-corrected chi connectivity index (χ0v) is 25.7. The molecule has 9 nitrogen and oxygen atoms in total. The number of hydrogen-bond acceptors (Lipinski definition) is 7. The van der Waals surface area contributed by atoms with E-state index in [0.29, 0.717) is 22.3 Å². The number of carbonyl (C=O) groups is 1. The molecule has 40 heavy (non-hydrogen) atoms. The van der Waals surface area contributed by atoms with Crippen LogP contribution >= 0.6 is 0 Å². The van der Waals surface area contributed by atoms with E-state index < -0.39 is 21.7 Å². The van der Waals surface area contributed by atoms with Gasteiger partial charge < -0.3 is 19.1 Å². The first-order chi connectivity index (χ1) is 18.9. The van der Waals surface area contributed by atoms with E-state index in [-0.39, 0.29) is 37.2 Å². The van der Waals surface area contributed by atoms with Crippen LogP contribution in [0.1, 0.15) is 63.5 Å². The Labute approximate surface area is 240 Å². The zero-order chi connectivity index (χ0) is 28.7. The van der Waals surface area contributed by atoms with E-state index in [9.17, 15) is 13.2 Å². The largest absolute Gasteiger partial charge is 0.497 e. The van der Waals surface area contributed by atoms with Gasteiger partial charge in [0, 0.05) is 32.2 Å². The Morgan fingerprint density at radius 1 is 1.05 bits per heavy atom. The van der Waals surface area contributed by atoms with E-state index >= 15 is 0 Å². The molecular weight excluding hydrogens is 530 g/mol. The van der Waals surface area contributed by atoms with Crippen molar-refractivity contribution in [3.63, 3.8) is 0 Å². The summed E-state index contributed by atoms with van der Waals surface area (Å²) in [6.07, 6.45) is 7.42. The number of methoxy groups -OCH3 is 1. The molecule has 3 saturated heterocycles. The van der Waals surface area contributed by atoms with Gasteiger partial charge in [-0.1, -0.05) is 6.42 Å². The van der Waals surface area contributed by atoms with E-state index in [1.54, 1.807) is 33.1 Å². The second-order valence-electron chi connectivity index (χ2n) is 13.1. The van der Waals surface area contributed by atoms with Gasteiger partial charge in [0.05, 0.1) is 36.9 Å². The number of nitrogens with zero attached hydrogens (tertiary/aromatic N) is 3. The first kappa shape index (κ1) is 29.8. The SMILES string of the molecule is COc1cc(C)c(S(=O)(=O)N2CC(C)(C)OC[C@H]2COCC(=O)N2CCC3(CC2)CCN(C2CCC2)C3)c(C)c1. The van der Waals surface area contributed by atoms with Gasteiger partial charge in [-0.15, -0.1) is 0 Å². The molecule has 1 saturated carbocycles. The van der Waals surface area contributed by atoms with Crippen LogP contribution in [0.2, 0.25) is 0 Å². The molecule has 0 aromatic heterocycles. The van der Waals surface area contributed by atoms with Crippen LogP contribution in [-0.4, -0.2) is 106 Å². The minimum atomic E-state index is -3.84. The van der Waals surface area contributed by atoms with E-state index in [4.69, 9.17) is 14.2 Å². The fourth-order valence-corrected chi connectivity index (χ4v) is 9.13. The average molecular weight is 578 g/mol. The highest BCUT2D eigenvalue weighted by atomic mass is 32.2. The molecule has 224 valence electrons. The number of carbonyl (C=O) groups excluding carboxylic acids is 1. The molecule has 10 heteroatoms. The highest BCUT2D eigenvalue weighted by Crippen LogP contribution is 2.43. The molecule has 3 heterocycles. The van der Waals surface area contributed by atoms with Gasteiger partial charge in [0.2, 0.25) is 15.9 Å². The van der Waals surface area contributed by atoms with E-state index in [1.807, 2.05) is 18.7 Å². The van der Waals surface area contributed by atoms with Gasteiger partial charge in [-0.2, -0.15) is 4.31 Å². The molecule has 4 aliphatic rings. The maximum atomic E-state index is 14.0. The third-order valence-corrected chi connectivity index (χ3v) is 11.8. The number of aryl methyl sites for hydroxylation is 2. The third-order valence-electron chi connectivity index (χ3n) is 9.62. The quantitative estimate of drug-likeness (QED) is 0.468. The van der Waals surface area contributed by atoms with Gasteiger partial charge >= 0.3 is 0 Å². The minimum absolute atomic E-state index is 0.0167. The fraction of sp³-hybridized carbons (Fsp3) is 0.767. The first-order valence-corrected chi connectivity index (χ1v) is 16.3. The van der Waals surface area contributed by atoms with Crippen LogP contribution in [0.3, 0.4) is 0 Å². The van der Waals surface area contributed by atoms with Crippen molar-refractivity contribution < 1.29 is 27.4 Å². The smallest absolute Gasteiger partial charge is 0.248 e. The number of benzene rings is 1. The Bertz CT molecular complexity index is 1170. The third kappa shape index (κ3) is 6.07. The number of rotatable bonds is 8. The van der Waals surface area contributed by atoms with Gasteiger partial charge in [-0.3, -0.25) is 9.69 Å². The molecule has 0 bridgehead atoms. The highest BCUT2D eigenvalue weighted by molar-refractivity contribution is 7.89. The van der Waals surface area contributed by atoms with E-state index in [0.717, 1.165) is 32.0 Å². The Hall–Kier alpha value is -1.72. The molecule has 0 radical (unpaired) electrons. The van der Waals surface area contributed by atoms with E-state index in [1.165, 1.54) is 43.1 Å². The summed E-state index contributed by atoms with van der Waals surface area (Å²) < 4.78 is 46.7. The van der Waals surface area contributed by atoms with Gasteiger partial charge in [0.15, 0.2) is 0 Å². The van der Waals surface area contributed by atoms with Crippen molar-refractivity contribution >= 4 is 15.9 Å². The Morgan fingerprint density at radius 3 is 2.30 bits per heavy atom. The lowest BCUT2D eigenvalue weighted by Gasteiger charge is -2.43. The lowest BCUT2D eigenvalue weighted by atomic mass is 9.77. The molecule has 1 spiro atoms. The van der Waals surface area contributed by atoms with Crippen molar-refractivity contribution in [1.29, 1.82) is 0 Å². The molecule has 3 aliphatic heterocycles. The van der Waals surface area contributed by atoms with Crippen LogP contribution in [0.15, 0.2) is 17.0 Å². The van der Waals surface area contributed by atoms with Crippen molar-refractivity contribution in [1.82, 2.24) is 14.1 Å². The topological polar surface area (TPSA) is 88.6 Å². The Morgan fingerprint density at radius 2 is 1.70 bits per heavy atom. The summed E-state index contributed by atoms with van der Waals surface area (Å²) in [4.78, 5) is 17.9. The lowest BCUT2D eigenvalue weighted by Crippen LogP contribution is -2.57. The first-order valence-electron chi connectivity index (χ1n) is 14.8. The molecule has 1 aliphatic carbocycles. The average Bonchev–Trinajstić information content (AvgIpc) is 3.25. The van der Waals surface area contributed by atoms with Crippen LogP contribution in [0.25, 0.3) is 0 Å². The second kappa shape index (κ2) is 11.5. The zero-order valence-electron chi connectivity index (χ0n) is 24.9. The molecular formula is C30H47N3O6S. The monoisotopic (exact) mass is 577 g/mol.